The summed E-state index contributed by atoms with van der Waals surface area (Å²) in [6, 6.07) is 15.2. The van der Waals surface area contributed by atoms with Gasteiger partial charge in [-0.05, 0) is 0 Å². The molecule has 0 bridgehead atoms. The van der Waals surface area contributed by atoms with Gasteiger partial charge in [0.05, 0.1) is 0 Å². The Hall–Kier alpha value is -1.86. The molecule has 4 nitrogen and oxygen atoms in total. The van der Waals surface area contributed by atoms with E-state index in [0.29, 0.717) is 0 Å². The van der Waals surface area contributed by atoms with Crippen LogP contribution in [0.15, 0.2) is 42.5 Å². The molecule has 0 unspecified atom stereocenters. The van der Waals surface area contributed by atoms with Crippen molar-refractivity contribution in [1.29, 1.82) is 0 Å². The van der Waals surface area contributed by atoms with E-state index in [2.05, 4.69) is 57.2 Å². The second kappa shape index (κ2) is 17.8. The van der Waals surface area contributed by atoms with Crippen LogP contribution >= 0.6 is 11.3 Å². The number of thiophene rings is 1. The molecule has 0 saturated carbocycles. The topological polar surface area (TPSA) is 36.9 Å². The zero-order valence-corrected chi connectivity index (χ0v) is 30.1. The molecule has 0 atom stereocenters. The minimum atomic E-state index is -2.80. The zero-order valence-electron chi connectivity index (χ0n) is 26.4. The normalized spacial score (nSPS) is 11.0. The van der Waals surface area contributed by atoms with E-state index in [1.807, 2.05) is 38.4 Å². The molecule has 2 aromatic carbocycles. The van der Waals surface area contributed by atoms with E-state index in [-0.39, 0.29) is 0 Å². The molecule has 3 rings (SSSR count). The predicted molar refractivity (Wildman–Crippen MR) is 177 cm³/mol. The Morgan fingerprint density at radius 3 is 1.55 bits per heavy atom. The molecule has 3 aromatic rings. The van der Waals surface area contributed by atoms with Gasteiger partial charge in [0.1, 0.15) is 0 Å². The summed E-state index contributed by atoms with van der Waals surface area (Å²) in [7, 11) is 6.94. The first-order valence-electron chi connectivity index (χ1n) is 15.1. The Balaban J connectivity index is 0.00000274. The van der Waals surface area contributed by atoms with Crippen molar-refractivity contribution in [3.05, 3.63) is 42.5 Å². The van der Waals surface area contributed by atoms with Gasteiger partial charge in [0.25, 0.3) is 0 Å². The molecular formula is C34H52O4SSn. The standard InChI is InChI=1S/C20H19O4S.3C4H9.C2H6.Sn/c1-21-15-7-5-13(11-17(15)23-3)19-9-10-20(25-19)14-6-8-16(22-2)18(12-14)24-4;3*1-3-4-2;1-2;/h5-7,9-12H,1-4H3;3*1,3-4H2,2H3;1-2H3;. The Morgan fingerprint density at radius 2 is 1.07 bits per heavy atom. The first-order chi connectivity index (χ1) is 19.5. The van der Waals surface area contributed by atoms with Crippen LogP contribution in [0.4, 0.5) is 0 Å². The van der Waals surface area contributed by atoms with Crippen molar-refractivity contribution in [1.82, 2.24) is 0 Å². The van der Waals surface area contributed by atoms with Crippen LogP contribution in [0, 0.1) is 0 Å². The second-order valence-corrected chi connectivity index (χ2v) is 24.3. The quantitative estimate of drug-likeness (QED) is 0.142. The summed E-state index contributed by atoms with van der Waals surface area (Å²) in [5, 5.41) is 0. The number of methoxy groups -OCH3 is 4. The molecule has 0 spiro atoms. The van der Waals surface area contributed by atoms with Crippen LogP contribution in [0.2, 0.25) is 13.3 Å². The molecule has 222 valence electrons. The van der Waals surface area contributed by atoms with Crippen LogP contribution < -0.4 is 22.5 Å². The fraction of sp³-hybridized carbons (Fsp3) is 0.529. The number of hydrogen-bond acceptors (Lipinski definition) is 5. The molecule has 40 heavy (non-hydrogen) atoms. The molecule has 0 fully saturated rings. The summed E-state index contributed by atoms with van der Waals surface area (Å²) in [6.07, 6.45) is 7.66. The summed E-state index contributed by atoms with van der Waals surface area (Å²) in [5.41, 5.74) is 2.36. The van der Waals surface area contributed by atoms with Gasteiger partial charge in [0, 0.05) is 0 Å². The van der Waals surface area contributed by atoms with E-state index >= 15 is 0 Å². The van der Waals surface area contributed by atoms with E-state index < -0.39 is 18.4 Å². The van der Waals surface area contributed by atoms with Crippen molar-refractivity contribution < 1.29 is 18.9 Å². The minimum absolute atomic E-state index is 0.743. The maximum absolute atomic E-state index is 6.13. The van der Waals surface area contributed by atoms with Crippen molar-refractivity contribution >= 4 is 33.3 Å². The van der Waals surface area contributed by atoms with Gasteiger partial charge in [-0.25, -0.2) is 0 Å². The average Bonchev–Trinajstić information content (AvgIpc) is 3.51. The van der Waals surface area contributed by atoms with Crippen LogP contribution in [0.1, 0.15) is 73.1 Å². The summed E-state index contributed by atoms with van der Waals surface area (Å²) in [6.45, 7) is 11.0. The molecule has 0 radical (unpaired) electrons. The monoisotopic (exact) mass is 676 g/mol. The van der Waals surface area contributed by atoms with Crippen molar-refractivity contribution in [2.24, 2.45) is 0 Å². The van der Waals surface area contributed by atoms with Gasteiger partial charge < -0.3 is 0 Å². The van der Waals surface area contributed by atoms with Crippen LogP contribution in [-0.4, -0.2) is 46.8 Å². The van der Waals surface area contributed by atoms with Gasteiger partial charge in [-0.15, -0.1) is 0 Å². The Bertz CT molecular complexity index is 1140. The first-order valence-corrected chi connectivity index (χ1v) is 23.4. The third-order valence-electron chi connectivity index (χ3n) is 7.64. The van der Waals surface area contributed by atoms with Crippen LogP contribution in [0.3, 0.4) is 0 Å². The van der Waals surface area contributed by atoms with E-state index in [9.17, 15) is 0 Å². The van der Waals surface area contributed by atoms with Crippen LogP contribution in [0.25, 0.3) is 20.9 Å². The Morgan fingerprint density at radius 1 is 0.575 bits per heavy atom. The Labute approximate surface area is 252 Å². The molecule has 1 heterocycles. The van der Waals surface area contributed by atoms with E-state index in [1.165, 1.54) is 70.7 Å². The van der Waals surface area contributed by atoms with E-state index in [4.69, 9.17) is 18.9 Å². The summed E-state index contributed by atoms with van der Waals surface area (Å²) in [4.78, 5) is 2.45. The number of hydrogen-bond donors (Lipinski definition) is 0. The summed E-state index contributed by atoms with van der Waals surface area (Å²) < 4.78 is 28.8. The molecule has 0 N–H and O–H groups in total. The van der Waals surface area contributed by atoms with Crippen LogP contribution in [0.5, 0.6) is 23.0 Å². The zero-order chi connectivity index (χ0) is 29.5. The summed E-state index contributed by atoms with van der Waals surface area (Å²) in [5.74, 6) is 3.35. The molecule has 0 amide bonds. The van der Waals surface area contributed by atoms with Crippen LogP contribution in [-0.2, 0) is 0 Å². The molecule has 0 aliphatic heterocycles. The number of unbranched alkanes of at least 4 members (excludes halogenated alkanes) is 3. The average molecular weight is 676 g/mol. The molecule has 0 saturated heterocycles. The fourth-order valence-corrected chi connectivity index (χ4v) is 23.1. The van der Waals surface area contributed by atoms with Gasteiger partial charge >= 0.3 is 240 Å². The first kappa shape index (κ1) is 34.3. The van der Waals surface area contributed by atoms with Gasteiger partial charge in [0.2, 0.25) is 0 Å². The molecule has 0 aliphatic rings. The van der Waals surface area contributed by atoms with Gasteiger partial charge in [-0.1, -0.05) is 13.8 Å². The maximum atomic E-state index is 6.13. The molecule has 1 aromatic heterocycles. The van der Waals surface area contributed by atoms with Gasteiger partial charge in [-0.2, -0.15) is 0 Å². The van der Waals surface area contributed by atoms with Crippen molar-refractivity contribution in [3.63, 3.8) is 0 Å². The summed E-state index contributed by atoms with van der Waals surface area (Å²) >= 11 is -0.991. The van der Waals surface area contributed by atoms with Crippen molar-refractivity contribution in [2.45, 2.75) is 86.5 Å². The van der Waals surface area contributed by atoms with Crippen molar-refractivity contribution in [2.75, 3.05) is 28.4 Å². The third kappa shape index (κ3) is 8.34. The number of benzene rings is 2. The molecule has 6 heteroatoms. The Kier molecular flexibility index (Phi) is 15.3. The fourth-order valence-electron chi connectivity index (χ4n) is 5.46. The number of rotatable bonds is 16. The van der Waals surface area contributed by atoms with E-state index in [1.54, 1.807) is 21.3 Å². The predicted octanol–water partition coefficient (Wildman–Crippen LogP) is 10.2. The second-order valence-electron chi connectivity index (χ2n) is 10.1. The van der Waals surface area contributed by atoms with Gasteiger partial charge in [0.15, 0.2) is 0 Å². The van der Waals surface area contributed by atoms with E-state index in [0.717, 1.165) is 28.6 Å². The van der Waals surface area contributed by atoms with Crippen molar-refractivity contribution in [3.8, 4) is 43.9 Å². The SMILES string of the molecule is CC.CCC[CH2][Sn]([CH2]CCC)([CH2]CCC)[c]1cc(-c2ccc(-c3ccc(OC)c(OC)c3)s2)cc(OC)c1OC. The molecular weight excluding hydrogens is 623 g/mol. The number of ether oxygens (including phenoxy) is 4. The van der Waals surface area contributed by atoms with Gasteiger partial charge in [-0.3, -0.25) is 0 Å². The third-order valence-corrected chi connectivity index (χ3v) is 24.4. The molecule has 0 aliphatic carbocycles.